The second-order valence-corrected chi connectivity index (χ2v) is 7.24. The molecule has 2 aliphatic rings. The largest absolute Gasteiger partial charge is 0.356 e. The number of anilines is 1. The first kappa shape index (κ1) is 16.2. The van der Waals surface area contributed by atoms with Gasteiger partial charge < -0.3 is 9.80 Å². The summed E-state index contributed by atoms with van der Waals surface area (Å²) in [7, 11) is 0. The van der Waals surface area contributed by atoms with Gasteiger partial charge in [0.05, 0.1) is 0 Å². The maximum Gasteiger partial charge on any atom is 0.222 e. The van der Waals surface area contributed by atoms with Crippen LogP contribution in [0, 0.1) is 26.2 Å². The summed E-state index contributed by atoms with van der Waals surface area (Å²) in [4.78, 5) is 25.7. The van der Waals surface area contributed by atoms with Crippen LogP contribution in [0.1, 0.15) is 49.7 Å². The van der Waals surface area contributed by atoms with Crippen molar-refractivity contribution in [1.29, 1.82) is 0 Å². The molecule has 5 heteroatoms. The lowest BCUT2D eigenvalue weighted by molar-refractivity contribution is -0.137. The Bertz CT molecular complexity index is 615. The van der Waals surface area contributed by atoms with Crippen molar-refractivity contribution in [3.05, 3.63) is 17.1 Å². The molecule has 0 bridgehead atoms. The van der Waals surface area contributed by atoms with Crippen molar-refractivity contribution < 1.29 is 4.79 Å². The second kappa shape index (κ2) is 6.10. The van der Waals surface area contributed by atoms with Crippen molar-refractivity contribution in [3.8, 4) is 0 Å². The summed E-state index contributed by atoms with van der Waals surface area (Å²) >= 11 is 0. The fourth-order valence-electron chi connectivity index (χ4n) is 4.17. The first-order valence-corrected chi connectivity index (χ1v) is 8.79. The van der Waals surface area contributed by atoms with Gasteiger partial charge in [0.25, 0.3) is 0 Å². The Kier molecular flexibility index (Phi) is 4.30. The SMILES string of the molecule is CCN1C[C@]2(CCCN(c3nc(C)nc(C)c3C)C2)CCC1=O. The molecule has 1 atom stereocenters. The van der Waals surface area contributed by atoms with Crippen LogP contribution in [0.25, 0.3) is 0 Å². The third kappa shape index (κ3) is 3.06. The zero-order valence-corrected chi connectivity index (χ0v) is 14.9. The molecule has 3 heterocycles. The third-order valence-corrected chi connectivity index (χ3v) is 5.57. The van der Waals surface area contributed by atoms with Crippen LogP contribution in [0.4, 0.5) is 5.82 Å². The summed E-state index contributed by atoms with van der Waals surface area (Å²) in [5, 5.41) is 0. The number of hydrogen-bond donors (Lipinski definition) is 0. The van der Waals surface area contributed by atoms with Crippen molar-refractivity contribution in [1.82, 2.24) is 14.9 Å². The number of likely N-dealkylation sites (tertiary alicyclic amines) is 1. The van der Waals surface area contributed by atoms with Crippen LogP contribution in [-0.2, 0) is 4.79 Å². The predicted octanol–water partition coefficient (Wildman–Crippen LogP) is 2.63. The fourth-order valence-corrected chi connectivity index (χ4v) is 4.17. The zero-order chi connectivity index (χ0) is 16.6. The smallest absolute Gasteiger partial charge is 0.222 e. The number of rotatable bonds is 2. The molecule has 126 valence electrons. The van der Waals surface area contributed by atoms with Crippen molar-refractivity contribution in [3.63, 3.8) is 0 Å². The minimum Gasteiger partial charge on any atom is -0.356 e. The Labute approximate surface area is 139 Å². The first-order valence-electron chi connectivity index (χ1n) is 8.79. The Hall–Kier alpha value is -1.65. The number of hydrogen-bond acceptors (Lipinski definition) is 4. The van der Waals surface area contributed by atoms with E-state index in [4.69, 9.17) is 4.98 Å². The lowest BCUT2D eigenvalue weighted by Gasteiger charge is -2.48. The van der Waals surface area contributed by atoms with E-state index in [-0.39, 0.29) is 5.41 Å². The third-order valence-electron chi connectivity index (χ3n) is 5.57. The number of amides is 1. The van der Waals surface area contributed by atoms with Gasteiger partial charge in [-0.1, -0.05) is 0 Å². The predicted molar refractivity (Wildman–Crippen MR) is 91.6 cm³/mol. The number of carbonyl (C=O) groups is 1. The van der Waals surface area contributed by atoms with Crippen molar-refractivity contribution in [2.75, 3.05) is 31.1 Å². The Morgan fingerprint density at radius 2 is 1.91 bits per heavy atom. The maximum absolute atomic E-state index is 12.0. The van der Waals surface area contributed by atoms with Crippen LogP contribution in [0.15, 0.2) is 0 Å². The minimum absolute atomic E-state index is 0.237. The van der Waals surface area contributed by atoms with Gasteiger partial charge in [-0.15, -0.1) is 0 Å². The Morgan fingerprint density at radius 3 is 2.65 bits per heavy atom. The molecule has 0 radical (unpaired) electrons. The molecule has 1 aromatic heterocycles. The van der Waals surface area contributed by atoms with E-state index in [1.54, 1.807) is 0 Å². The minimum atomic E-state index is 0.237. The van der Waals surface area contributed by atoms with Crippen LogP contribution in [0.3, 0.4) is 0 Å². The summed E-state index contributed by atoms with van der Waals surface area (Å²) in [5.41, 5.74) is 2.49. The molecule has 0 saturated carbocycles. The molecule has 23 heavy (non-hydrogen) atoms. The highest BCUT2D eigenvalue weighted by molar-refractivity contribution is 5.77. The van der Waals surface area contributed by atoms with Crippen LogP contribution >= 0.6 is 0 Å². The van der Waals surface area contributed by atoms with Gasteiger partial charge in [0.2, 0.25) is 5.91 Å². The Balaban J connectivity index is 1.85. The van der Waals surface area contributed by atoms with Crippen LogP contribution in [0.5, 0.6) is 0 Å². The Morgan fingerprint density at radius 1 is 1.13 bits per heavy atom. The fraction of sp³-hybridized carbons (Fsp3) is 0.722. The van der Waals surface area contributed by atoms with E-state index in [9.17, 15) is 4.79 Å². The molecular formula is C18H28N4O. The van der Waals surface area contributed by atoms with E-state index in [0.717, 1.165) is 49.9 Å². The van der Waals surface area contributed by atoms with Gasteiger partial charge in [-0.05, 0) is 47.0 Å². The monoisotopic (exact) mass is 316 g/mol. The standard InChI is InChI=1S/C18H28N4O/c1-5-21-11-18(9-7-16(21)23)8-6-10-22(12-18)17-13(2)14(3)19-15(4)20-17/h5-12H2,1-4H3/t18-/m0/s1. The normalized spacial score (nSPS) is 25.3. The van der Waals surface area contributed by atoms with E-state index >= 15 is 0 Å². The quantitative estimate of drug-likeness (QED) is 0.841. The molecule has 1 amide bonds. The van der Waals surface area contributed by atoms with Gasteiger partial charge in [-0.2, -0.15) is 0 Å². The molecular weight excluding hydrogens is 288 g/mol. The summed E-state index contributed by atoms with van der Waals surface area (Å²) in [6, 6.07) is 0. The average molecular weight is 316 g/mol. The number of aromatic nitrogens is 2. The molecule has 5 nitrogen and oxygen atoms in total. The molecule has 0 aromatic carbocycles. The molecule has 0 unspecified atom stereocenters. The lowest BCUT2D eigenvalue weighted by atomic mass is 9.73. The van der Waals surface area contributed by atoms with E-state index in [2.05, 4.69) is 30.7 Å². The molecule has 0 aliphatic carbocycles. The average Bonchev–Trinajstić information content (AvgIpc) is 2.53. The molecule has 2 saturated heterocycles. The zero-order valence-electron chi connectivity index (χ0n) is 14.9. The maximum atomic E-state index is 12.0. The van der Waals surface area contributed by atoms with Gasteiger partial charge in [0, 0.05) is 49.3 Å². The lowest BCUT2D eigenvalue weighted by Crippen LogP contribution is -2.54. The highest BCUT2D eigenvalue weighted by Gasteiger charge is 2.41. The highest BCUT2D eigenvalue weighted by atomic mass is 16.2. The number of nitrogens with zero attached hydrogens (tertiary/aromatic N) is 4. The molecule has 0 N–H and O–H groups in total. The summed E-state index contributed by atoms with van der Waals surface area (Å²) < 4.78 is 0. The van der Waals surface area contributed by atoms with Crippen molar-refractivity contribution in [2.45, 2.75) is 53.4 Å². The van der Waals surface area contributed by atoms with Gasteiger partial charge in [0.1, 0.15) is 11.6 Å². The second-order valence-electron chi connectivity index (χ2n) is 7.24. The topological polar surface area (TPSA) is 49.3 Å². The number of aryl methyl sites for hydroxylation is 2. The van der Waals surface area contributed by atoms with E-state index in [1.165, 1.54) is 18.4 Å². The van der Waals surface area contributed by atoms with Gasteiger partial charge >= 0.3 is 0 Å². The number of carbonyl (C=O) groups excluding carboxylic acids is 1. The summed E-state index contributed by atoms with van der Waals surface area (Å²) in [5.74, 6) is 2.26. The van der Waals surface area contributed by atoms with E-state index in [0.29, 0.717) is 12.3 Å². The molecule has 1 spiro atoms. The van der Waals surface area contributed by atoms with Crippen LogP contribution < -0.4 is 4.90 Å². The van der Waals surface area contributed by atoms with Gasteiger partial charge in [-0.25, -0.2) is 9.97 Å². The van der Waals surface area contributed by atoms with Crippen LogP contribution in [0.2, 0.25) is 0 Å². The first-order chi connectivity index (χ1) is 10.9. The summed E-state index contributed by atoms with van der Waals surface area (Å²) in [6.45, 7) is 12.0. The molecule has 1 aromatic rings. The van der Waals surface area contributed by atoms with Crippen molar-refractivity contribution in [2.24, 2.45) is 5.41 Å². The summed E-state index contributed by atoms with van der Waals surface area (Å²) in [6.07, 6.45) is 4.10. The van der Waals surface area contributed by atoms with Crippen LogP contribution in [-0.4, -0.2) is 47.0 Å². The van der Waals surface area contributed by atoms with E-state index < -0.39 is 0 Å². The highest BCUT2D eigenvalue weighted by Crippen LogP contribution is 2.40. The van der Waals surface area contributed by atoms with Gasteiger partial charge in [-0.3, -0.25) is 4.79 Å². The van der Waals surface area contributed by atoms with Crippen molar-refractivity contribution >= 4 is 11.7 Å². The number of piperidine rings is 2. The van der Waals surface area contributed by atoms with E-state index in [1.807, 2.05) is 11.8 Å². The van der Waals surface area contributed by atoms with Gasteiger partial charge in [0.15, 0.2) is 0 Å². The molecule has 2 fully saturated rings. The molecule has 2 aliphatic heterocycles. The molecule has 3 rings (SSSR count).